The van der Waals surface area contributed by atoms with Crippen molar-refractivity contribution in [2.45, 2.75) is 6.54 Å². The summed E-state index contributed by atoms with van der Waals surface area (Å²) in [4.78, 5) is 6.19. The van der Waals surface area contributed by atoms with E-state index in [0.717, 1.165) is 24.4 Å². The summed E-state index contributed by atoms with van der Waals surface area (Å²) in [5.41, 5.74) is 1.64. The smallest absolute Gasteiger partial charge is 0.140 e. The van der Waals surface area contributed by atoms with Crippen molar-refractivity contribution in [1.82, 2.24) is 9.88 Å². The predicted molar refractivity (Wildman–Crippen MR) is 63.7 cm³/mol. The highest BCUT2D eigenvalue weighted by Crippen LogP contribution is 2.05. The summed E-state index contributed by atoms with van der Waals surface area (Å²) in [6.07, 6.45) is 3.80. The van der Waals surface area contributed by atoms with Crippen LogP contribution in [0.25, 0.3) is 0 Å². The lowest BCUT2D eigenvalue weighted by Gasteiger charge is -2.15. The molecular formula is C11H15N3S. The maximum absolute atomic E-state index is 8.71. The molecule has 0 radical (unpaired) electrons. The Bertz CT molecular complexity index is 346. The molecule has 0 aliphatic rings. The first-order valence-electron chi connectivity index (χ1n) is 4.78. The van der Waals surface area contributed by atoms with Crippen molar-refractivity contribution in [2.24, 2.45) is 0 Å². The Kier molecular flexibility index (Phi) is 5.16. The van der Waals surface area contributed by atoms with Crippen LogP contribution in [0.3, 0.4) is 0 Å². The minimum absolute atomic E-state index is 0.491. The molecule has 3 nitrogen and oxygen atoms in total. The van der Waals surface area contributed by atoms with Gasteiger partial charge in [-0.2, -0.15) is 17.0 Å². The number of hydrogen-bond acceptors (Lipinski definition) is 4. The first-order chi connectivity index (χ1) is 7.26. The Morgan fingerprint density at radius 3 is 3.07 bits per heavy atom. The summed E-state index contributed by atoms with van der Waals surface area (Å²) in [5, 5.41) is 8.71. The molecule has 1 aromatic rings. The van der Waals surface area contributed by atoms with Gasteiger partial charge in [0.2, 0.25) is 0 Å². The first kappa shape index (κ1) is 12.0. The molecule has 0 aliphatic carbocycles. The van der Waals surface area contributed by atoms with E-state index in [-0.39, 0.29) is 0 Å². The zero-order valence-electron chi connectivity index (χ0n) is 9.10. The molecular weight excluding hydrogens is 206 g/mol. The van der Waals surface area contributed by atoms with Crippen molar-refractivity contribution in [3.63, 3.8) is 0 Å². The minimum Gasteiger partial charge on any atom is -0.301 e. The van der Waals surface area contributed by atoms with E-state index in [0.29, 0.717) is 5.69 Å². The fourth-order valence-corrected chi connectivity index (χ4v) is 1.77. The summed E-state index contributed by atoms with van der Waals surface area (Å²) >= 11 is 1.84. The number of thioether (sulfide) groups is 1. The highest BCUT2D eigenvalue weighted by Gasteiger charge is 2.01. The van der Waals surface area contributed by atoms with E-state index in [1.807, 2.05) is 23.9 Å². The molecule has 1 aromatic heterocycles. The van der Waals surface area contributed by atoms with Crippen LogP contribution < -0.4 is 0 Å². The van der Waals surface area contributed by atoms with Crippen LogP contribution >= 0.6 is 11.8 Å². The molecule has 80 valence electrons. The van der Waals surface area contributed by atoms with Gasteiger partial charge in [-0.05, 0) is 31.0 Å². The Hall–Kier alpha value is -1.05. The van der Waals surface area contributed by atoms with Crippen LogP contribution in [-0.2, 0) is 6.54 Å². The van der Waals surface area contributed by atoms with E-state index >= 15 is 0 Å². The molecule has 0 aromatic carbocycles. The third-order valence-electron chi connectivity index (χ3n) is 2.07. The van der Waals surface area contributed by atoms with E-state index in [4.69, 9.17) is 5.26 Å². The number of hydrogen-bond donors (Lipinski definition) is 0. The summed E-state index contributed by atoms with van der Waals surface area (Å²) in [6, 6.07) is 5.85. The molecule has 0 saturated heterocycles. The zero-order chi connectivity index (χ0) is 11.1. The van der Waals surface area contributed by atoms with Gasteiger partial charge in [0.25, 0.3) is 0 Å². The maximum atomic E-state index is 8.71. The van der Waals surface area contributed by atoms with Crippen molar-refractivity contribution in [1.29, 1.82) is 5.26 Å². The van der Waals surface area contributed by atoms with Crippen LogP contribution in [0, 0.1) is 11.3 Å². The summed E-state index contributed by atoms with van der Waals surface area (Å²) < 4.78 is 0. The number of pyridine rings is 1. The largest absolute Gasteiger partial charge is 0.301 e. The van der Waals surface area contributed by atoms with Gasteiger partial charge in [0.05, 0.1) is 0 Å². The summed E-state index contributed by atoms with van der Waals surface area (Å²) in [6.45, 7) is 1.93. The van der Waals surface area contributed by atoms with Crippen molar-refractivity contribution in [3.8, 4) is 6.07 Å². The fraction of sp³-hybridized carbons (Fsp3) is 0.455. The number of nitriles is 1. The monoisotopic (exact) mass is 221 g/mol. The molecule has 0 atom stereocenters. The normalized spacial score (nSPS) is 10.3. The number of nitrogens with zero attached hydrogens (tertiary/aromatic N) is 3. The predicted octanol–water partition coefficient (Wildman–Crippen LogP) is 1.75. The molecule has 1 heterocycles. The van der Waals surface area contributed by atoms with Crippen molar-refractivity contribution in [2.75, 3.05) is 25.6 Å². The zero-order valence-corrected chi connectivity index (χ0v) is 9.92. The average molecular weight is 221 g/mol. The highest BCUT2D eigenvalue weighted by molar-refractivity contribution is 7.98. The maximum Gasteiger partial charge on any atom is 0.140 e. The molecule has 1 rings (SSSR count). The van der Waals surface area contributed by atoms with E-state index in [1.54, 1.807) is 6.20 Å². The Morgan fingerprint density at radius 1 is 1.60 bits per heavy atom. The number of rotatable bonds is 5. The molecule has 15 heavy (non-hydrogen) atoms. The lowest BCUT2D eigenvalue weighted by molar-refractivity contribution is 0.348. The van der Waals surface area contributed by atoms with Crippen molar-refractivity contribution < 1.29 is 0 Å². The van der Waals surface area contributed by atoms with Gasteiger partial charge in [0.15, 0.2) is 0 Å². The molecule has 0 N–H and O–H groups in total. The standard InChI is InChI=1S/C11H15N3S/c1-14(5-6-15-2)9-10-3-4-13-11(7-10)8-12/h3-4,7H,5-6,9H2,1-2H3. The van der Waals surface area contributed by atoms with Crippen LogP contribution in [0.1, 0.15) is 11.3 Å². The molecule has 0 unspecified atom stereocenters. The van der Waals surface area contributed by atoms with E-state index in [2.05, 4.69) is 29.3 Å². The Labute approximate surface area is 95.1 Å². The second-order valence-electron chi connectivity index (χ2n) is 3.39. The second-order valence-corrected chi connectivity index (χ2v) is 4.38. The van der Waals surface area contributed by atoms with Gasteiger partial charge in [0.1, 0.15) is 11.8 Å². The minimum atomic E-state index is 0.491. The number of aromatic nitrogens is 1. The third kappa shape index (κ3) is 4.32. The van der Waals surface area contributed by atoms with Crippen LogP contribution in [0.5, 0.6) is 0 Å². The van der Waals surface area contributed by atoms with Crippen LogP contribution in [0.15, 0.2) is 18.3 Å². The molecule has 0 amide bonds. The third-order valence-corrected chi connectivity index (χ3v) is 2.66. The molecule has 0 saturated carbocycles. The van der Waals surface area contributed by atoms with Gasteiger partial charge in [-0.15, -0.1) is 0 Å². The molecule has 0 spiro atoms. The first-order valence-corrected chi connectivity index (χ1v) is 6.18. The topological polar surface area (TPSA) is 39.9 Å². The average Bonchev–Trinajstić information content (AvgIpc) is 2.26. The molecule has 0 fully saturated rings. The van der Waals surface area contributed by atoms with Crippen LogP contribution in [0.4, 0.5) is 0 Å². The van der Waals surface area contributed by atoms with Gasteiger partial charge >= 0.3 is 0 Å². The van der Waals surface area contributed by atoms with Gasteiger partial charge in [0, 0.05) is 25.0 Å². The Morgan fingerprint density at radius 2 is 2.40 bits per heavy atom. The quantitative estimate of drug-likeness (QED) is 0.759. The van der Waals surface area contributed by atoms with Gasteiger partial charge in [-0.1, -0.05) is 0 Å². The fourth-order valence-electron chi connectivity index (χ4n) is 1.27. The van der Waals surface area contributed by atoms with E-state index in [1.165, 1.54) is 0 Å². The summed E-state index contributed by atoms with van der Waals surface area (Å²) in [5.74, 6) is 1.13. The molecule has 4 heteroatoms. The van der Waals surface area contributed by atoms with Crippen molar-refractivity contribution >= 4 is 11.8 Å². The van der Waals surface area contributed by atoms with Gasteiger partial charge in [-0.3, -0.25) is 0 Å². The van der Waals surface area contributed by atoms with Crippen LogP contribution in [0.2, 0.25) is 0 Å². The molecule has 0 bridgehead atoms. The van der Waals surface area contributed by atoms with E-state index < -0.39 is 0 Å². The van der Waals surface area contributed by atoms with Gasteiger partial charge < -0.3 is 4.90 Å². The van der Waals surface area contributed by atoms with E-state index in [9.17, 15) is 0 Å². The molecule has 0 aliphatic heterocycles. The summed E-state index contributed by atoms with van der Waals surface area (Å²) in [7, 11) is 2.09. The van der Waals surface area contributed by atoms with Crippen molar-refractivity contribution in [3.05, 3.63) is 29.6 Å². The second kappa shape index (κ2) is 6.44. The lowest BCUT2D eigenvalue weighted by atomic mass is 10.2. The SMILES string of the molecule is CSCCN(C)Cc1ccnc(C#N)c1. The lowest BCUT2D eigenvalue weighted by Crippen LogP contribution is -2.20. The van der Waals surface area contributed by atoms with Crippen LogP contribution in [-0.4, -0.2) is 35.5 Å². The van der Waals surface area contributed by atoms with Gasteiger partial charge in [-0.25, -0.2) is 4.98 Å². The Balaban J connectivity index is 2.53. The highest BCUT2D eigenvalue weighted by atomic mass is 32.2.